The van der Waals surface area contributed by atoms with Gasteiger partial charge in [0.05, 0.1) is 6.04 Å². The van der Waals surface area contributed by atoms with Gasteiger partial charge in [0.25, 0.3) is 5.91 Å². The molecule has 28 heavy (non-hydrogen) atoms. The summed E-state index contributed by atoms with van der Waals surface area (Å²) in [7, 11) is 0. The summed E-state index contributed by atoms with van der Waals surface area (Å²) in [4.78, 5) is 13.0. The highest BCUT2D eigenvalue weighted by molar-refractivity contribution is 5.89. The Morgan fingerprint density at radius 2 is 1.61 bits per heavy atom. The van der Waals surface area contributed by atoms with Crippen LogP contribution in [0.15, 0.2) is 72.8 Å². The summed E-state index contributed by atoms with van der Waals surface area (Å²) in [5.74, 6) is 1.16. The Bertz CT molecular complexity index is 899. The molecule has 0 aliphatic rings. The fourth-order valence-corrected chi connectivity index (χ4v) is 3.47. The van der Waals surface area contributed by atoms with Gasteiger partial charge in [-0.25, -0.2) is 0 Å². The summed E-state index contributed by atoms with van der Waals surface area (Å²) >= 11 is 0. The standard InChI is InChI=1S/C25H29NO2/c1-4-23(28-24-16-10-14-19-11-8-9-15-21(19)24)25(27)26-22(17-18(2)3)20-12-6-5-7-13-20/h5-16,18,22-23H,4,17H2,1-3H3,(H,26,27)/t22-,23+/m1/s1. The van der Waals surface area contributed by atoms with E-state index in [1.807, 2.05) is 55.5 Å². The zero-order valence-corrected chi connectivity index (χ0v) is 16.9. The lowest BCUT2D eigenvalue weighted by Gasteiger charge is -2.25. The molecular weight excluding hydrogens is 346 g/mol. The second-order valence-electron chi connectivity index (χ2n) is 7.59. The lowest BCUT2D eigenvalue weighted by atomic mass is 9.96. The molecule has 0 radical (unpaired) electrons. The molecule has 0 spiro atoms. The third kappa shape index (κ3) is 4.92. The number of ether oxygens (including phenoxy) is 1. The Hall–Kier alpha value is -2.81. The first-order valence-electron chi connectivity index (χ1n) is 10.1. The molecule has 0 fully saturated rings. The van der Waals surface area contributed by atoms with Crippen LogP contribution in [-0.4, -0.2) is 12.0 Å². The predicted octanol–water partition coefficient (Wildman–Crippen LogP) is 5.90. The van der Waals surface area contributed by atoms with Gasteiger partial charge in [0.2, 0.25) is 0 Å². The number of hydrogen-bond acceptors (Lipinski definition) is 2. The number of hydrogen-bond donors (Lipinski definition) is 1. The van der Waals surface area contributed by atoms with E-state index in [0.717, 1.165) is 28.5 Å². The zero-order chi connectivity index (χ0) is 19.9. The van der Waals surface area contributed by atoms with Crippen LogP contribution in [0.25, 0.3) is 10.8 Å². The first-order valence-corrected chi connectivity index (χ1v) is 10.1. The van der Waals surface area contributed by atoms with E-state index in [4.69, 9.17) is 4.74 Å². The van der Waals surface area contributed by atoms with Crippen molar-refractivity contribution >= 4 is 16.7 Å². The molecule has 0 heterocycles. The molecule has 3 heteroatoms. The second kappa shape index (κ2) is 9.41. The number of carbonyl (C=O) groups is 1. The molecule has 1 amide bonds. The summed E-state index contributed by atoms with van der Waals surface area (Å²) < 4.78 is 6.17. The maximum Gasteiger partial charge on any atom is 0.261 e. The summed E-state index contributed by atoms with van der Waals surface area (Å²) in [5.41, 5.74) is 1.13. The van der Waals surface area contributed by atoms with Crippen molar-refractivity contribution in [2.24, 2.45) is 5.92 Å². The van der Waals surface area contributed by atoms with Gasteiger partial charge in [-0.3, -0.25) is 4.79 Å². The molecule has 2 atom stereocenters. The Kier molecular flexibility index (Phi) is 6.70. The number of rotatable bonds is 8. The van der Waals surface area contributed by atoms with Crippen LogP contribution in [-0.2, 0) is 4.79 Å². The maximum atomic E-state index is 13.0. The van der Waals surface area contributed by atoms with Gasteiger partial charge in [-0.15, -0.1) is 0 Å². The van der Waals surface area contributed by atoms with E-state index in [2.05, 4.69) is 43.4 Å². The second-order valence-corrected chi connectivity index (χ2v) is 7.59. The Morgan fingerprint density at radius 3 is 2.32 bits per heavy atom. The van der Waals surface area contributed by atoms with Gasteiger partial charge in [0, 0.05) is 5.39 Å². The smallest absolute Gasteiger partial charge is 0.261 e. The number of amides is 1. The van der Waals surface area contributed by atoms with Crippen LogP contribution in [0.4, 0.5) is 0 Å². The molecule has 0 aliphatic heterocycles. The van der Waals surface area contributed by atoms with E-state index in [1.54, 1.807) is 0 Å². The van der Waals surface area contributed by atoms with Gasteiger partial charge in [-0.1, -0.05) is 87.5 Å². The molecule has 0 saturated carbocycles. The number of benzene rings is 3. The van der Waals surface area contributed by atoms with Crippen LogP contribution in [0, 0.1) is 5.92 Å². The molecule has 0 bridgehead atoms. The number of carbonyl (C=O) groups excluding carboxylic acids is 1. The van der Waals surface area contributed by atoms with Crippen molar-refractivity contribution in [2.45, 2.75) is 45.8 Å². The molecule has 3 aromatic rings. The van der Waals surface area contributed by atoms with Crippen molar-refractivity contribution in [1.82, 2.24) is 5.32 Å². The monoisotopic (exact) mass is 375 g/mol. The van der Waals surface area contributed by atoms with Crippen molar-refractivity contribution in [3.05, 3.63) is 78.4 Å². The number of nitrogens with one attached hydrogen (secondary N) is 1. The molecular formula is C25H29NO2. The predicted molar refractivity (Wildman–Crippen MR) is 115 cm³/mol. The molecule has 3 nitrogen and oxygen atoms in total. The molecule has 0 aromatic heterocycles. The van der Waals surface area contributed by atoms with Crippen LogP contribution in [0.2, 0.25) is 0 Å². The minimum Gasteiger partial charge on any atom is -0.480 e. The summed E-state index contributed by atoms with van der Waals surface area (Å²) in [6, 6.07) is 24.2. The highest BCUT2D eigenvalue weighted by Gasteiger charge is 2.23. The van der Waals surface area contributed by atoms with Gasteiger partial charge in [-0.2, -0.15) is 0 Å². The van der Waals surface area contributed by atoms with Crippen molar-refractivity contribution in [2.75, 3.05) is 0 Å². The van der Waals surface area contributed by atoms with Crippen molar-refractivity contribution in [1.29, 1.82) is 0 Å². The van der Waals surface area contributed by atoms with E-state index in [0.29, 0.717) is 12.3 Å². The van der Waals surface area contributed by atoms with Crippen LogP contribution in [0.5, 0.6) is 5.75 Å². The van der Waals surface area contributed by atoms with Crippen LogP contribution >= 0.6 is 0 Å². The summed E-state index contributed by atoms with van der Waals surface area (Å²) in [6.45, 7) is 6.33. The quantitative estimate of drug-likeness (QED) is 0.532. The van der Waals surface area contributed by atoms with Gasteiger partial charge in [0.15, 0.2) is 6.10 Å². The topological polar surface area (TPSA) is 38.3 Å². The third-order valence-corrected chi connectivity index (χ3v) is 4.91. The van der Waals surface area contributed by atoms with Gasteiger partial charge in [0.1, 0.15) is 5.75 Å². The van der Waals surface area contributed by atoms with Crippen LogP contribution in [0.3, 0.4) is 0 Å². The summed E-state index contributed by atoms with van der Waals surface area (Å²) in [5, 5.41) is 5.35. The Labute approximate surface area is 167 Å². The van der Waals surface area contributed by atoms with Crippen LogP contribution < -0.4 is 10.1 Å². The first kappa shape index (κ1) is 19.9. The average Bonchev–Trinajstić information content (AvgIpc) is 2.71. The molecule has 3 rings (SSSR count). The first-order chi connectivity index (χ1) is 13.6. The van der Waals surface area contributed by atoms with Crippen molar-refractivity contribution in [3.63, 3.8) is 0 Å². The van der Waals surface area contributed by atoms with Crippen molar-refractivity contribution in [3.8, 4) is 5.75 Å². The van der Waals surface area contributed by atoms with Gasteiger partial charge in [-0.05, 0) is 35.8 Å². The highest BCUT2D eigenvalue weighted by atomic mass is 16.5. The molecule has 146 valence electrons. The van der Waals surface area contributed by atoms with E-state index in [1.165, 1.54) is 0 Å². The van der Waals surface area contributed by atoms with Crippen molar-refractivity contribution < 1.29 is 9.53 Å². The fourth-order valence-electron chi connectivity index (χ4n) is 3.47. The minimum absolute atomic E-state index is 0.0149. The lowest BCUT2D eigenvalue weighted by molar-refractivity contribution is -0.129. The highest BCUT2D eigenvalue weighted by Crippen LogP contribution is 2.27. The Morgan fingerprint density at radius 1 is 0.929 bits per heavy atom. The average molecular weight is 376 g/mol. The molecule has 1 N–H and O–H groups in total. The molecule has 3 aromatic carbocycles. The molecule has 0 saturated heterocycles. The third-order valence-electron chi connectivity index (χ3n) is 4.91. The zero-order valence-electron chi connectivity index (χ0n) is 16.9. The minimum atomic E-state index is -0.524. The van der Waals surface area contributed by atoms with Crippen LogP contribution in [0.1, 0.15) is 45.2 Å². The largest absolute Gasteiger partial charge is 0.480 e. The molecule has 0 unspecified atom stereocenters. The summed E-state index contributed by atoms with van der Waals surface area (Å²) in [6.07, 6.45) is 0.975. The molecule has 0 aliphatic carbocycles. The Balaban J connectivity index is 1.78. The van der Waals surface area contributed by atoms with E-state index >= 15 is 0 Å². The van der Waals surface area contributed by atoms with E-state index in [-0.39, 0.29) is 11.9 Å². The van der Waals surface area contributed by atoms with E-state index in [9.17, 15) is 4.79 Å². The number of fused-ring (bicyclic) bond motifs is 1. The van der Waals surface area contributed by atoms with Gasteiger partial charge >= 0.3 is 0 Å². The SMILES string of the molecule is CC[C@H](Oc1cccc2ccccc12)C(=O)N[C@H](CC(C)C)c1ccccc1. The van der Waals surface area contributed by atoms with E-state index < -0.39 is 6.10 Å². The normalized spacial score (nSPS) is 13.3. The maximum absolute atomic E-state index is 13.0. The lowest BCUT2D eigenvalue weighted by Crippen LogP contribution is -2.40. The van der Waals surface area contributed by atoms with Gasteiger partial charge < -0.3 is 10.1 Å². The fraction of sp³-hybridized carbons (Fsp3) is 0.320.